The number of aromatic nitrogens is 3. The fraction of sp³-hybridized carbons (Fsp3) is 0. The van der Waals surface area contributed by atoms with Gasteiger partial charge in [0.2, 0.25) is 5.71 Å². The molecule has 0 atom stereocenters. The third kappa shape index (κ3) is 4.42. The minimum Gasteiger partial charge on any atom is -0.455 e. The molecule has 0 aliphatic rings. The van der Waals surface area contributed by atoms with E-state index < -0.39 is 0 Å². The summed E-state index contributed by atoms with van der Waals surface area (Å²) in [5, 5.41) is 8.29. The van der Waals surface area contributed by atoms with E-state index in [1.54, 1.807) is 0 Å². The van der Waals surface area contributed by atoms with Crippen LogP contribution in [0.5, 0.6) is 0 Å². The molecule has 6 nitrogen and oxygen atoms in total. The smallest absolute Gasteiger partial charge is 0.231 e. The van der Waals surface area contributed by atoms with E-state index in [2.05, 4.69) is 132 Å². The summed E-state index contributed by atoms with van der Waals surface area (Å²) in [4.78, 5) is 10.6. The highest BCUT2D eigenvalue weighted by Crippen LogP contribution is 2.44. The number of furan rings is 3. The summed E-state index contributed by atoms with van der Waals surface area (Å²) in [6.07, 6.45) is 0. The van der Waals surface area contributed by atoms with Crippen molar-refractivity contribution in [2.24, 2.45) is 0 Å². The molecule has 5 aromatic heterocycles. The van der Waals surface area contributed by atoms with Crippen LogP contribution in [0.1, 0.15) is 0 Å². The lowest BCUT2D eigenvalue weighted by molar-refractivity contribution is 0.653. The van der Waals surface area contributed by atoms with Gasteiger partial charge < -0.3 is 17.8 Å². The van der Waals surface area contributed by atoms with E-state index in [1.807, 2.05) is 48.5 Å². The van der Waals surface area contributed by atoms with Crippen LogP contribution in [0, 0.1) is 0 Å². The summed E-state index contributed by atoms with van der Waals surface area (Å²) in [6, 6.07) is 60.9. The van der Waals surface area contributed by atoms with Crippen LogP contribution in [-0.2, 0) is 0 Å². The molecule has 0 N–H and O–H groups in total. The first kappa shape index (κ1) is 31.3. The quantitative estimate of drug-likeness (QED) is 0.179. The number of hydrogen-bond donors (Lipinski definition) is 0. The molecule has 0 aliphatic carbocycles. The Bertz CT molecular complexity index is 3810. The molecule has 270 valence electrons. The molecule has 6 heteroatoms. The van der Waals surface area contributed by atoms with E-state index in [0.29, 0.717) is 11.5 Å². The van der Waals surface area contributed by atoms with Crippen LogP contribution in [0.25, 0.3) is 127 Å². The lowest BCUT2D eigenvalue weighted by atomic mass is 9.99. The van der Waals surface area contributed by atoms with E-state index in [1.165, 1.54) is 16.3 Å². The highest BCUT2D eigenvalue weighted by atomic mass is 16.3. The van der Waals surface area contributed by atoms with Crippen LogP contribution in [0.15, 0.2) is 189 Å². The van der Waals surface area contributed by atoms with Crippen molar-refractivity contribution >= 4 is 87.8 Å². The first-order valence-corrected chi connectivity index (χ1v) is 19.4. The molecule has 5 heterocycles. The van der Waals surface area contributed by atoms with Crippen molar-refractivity contribution in [3.8, 4) is 39.5 Å². The zero-order valence-corrected chi connectivity index (χ0v) is 30.8. The first-order valence-electron chi connectivity index (χ1n) is 19.4. The van der Waals surface area contributed by atoms with Crippen molar-refractivity contribution in [1.82, 2.24) is 14.5 Å². The van der Waals surface area contributed by atoms with Gasteiger partial charge in [0.25, 0.3) is 0 Å². The molecule has 0 radical (unpaired) electrons. The summed E-state index contributed by atoms with van der Waals surface area (Å²) in [5.74, 6) is 0.514. The second-order valence-electron chi connectivity index (χ2n) is 14.9. The number of hydrogen-bond acceptors (Lipinski definition) is 5. The van der Waals surface area contributed by atoms with Gasteiger partial charge in [-0.2, -0.15) is 4.98 Å². The second-order valence-corrected chi connectivity index (χ2v) is 14.9. The van der Waals surface area contributed by atoms with Crippen LogP contribution >= 0.6 is 0 Å². The highest BCUT2D eigenvalue weighted by Gasteiger charge is 2.24. The molecule has 13 aromatic rings. The van der Waals surface area contributed by atoms with E-state index in [-0.39, 0.29) is 0 Å². The van der Waals surface area contributed by atoms with Crippen molar-refractivity contribution < 1.29 is 13.3 Å². The molecule has 0 unspecified atom stereocenters. The normalized spacial score (nSPS) is 12.1. The van der Waals surface area contributed by atoms with Crippen LogP contribution in [0.2, 0.25) is 0 Å². The lowest BCUT2D eigenvalue weighted by Gasteiger charge is -2.09. The van der Waals surface area contributed by atoms with Crippen molar-refractivity contribution in [3.05, 3.63) is 176 Å². The van der Waals surface area contributed by atoms with Gasteiger partial charge in [-0.05, 0) is 77.9 Å². The maximum atomic E-state index is 6.67. The standard InChI is InChI=1S/C52H29N3O3/c1-2-12-32(13-3-1)55-42-21-7-4-14-33(42)40-28-30(24-26-43(40)55)31-25-27-46-41(29-31)47-48(38-19-10-17-36-34-15-5-8-22-44(34)56-49(36)38)53-51(54-52(47)58-46)39-20-11-18-37-35-16-6-9-23-45(35)57-50(37)39/h1-29H. The minimum absolute atomic E-state index is 0.495. The summed E-state index contributed by atoms with van der Waals surface area (Å²) >= 11 is 0. The van der Waals surface area contributed by atoms with Crippen LogP contribution < -0.4 is 0 Å². The zero-order chi connectivity index (χ0) is 37.9. The molecular weight excluding hydrogens is 715 g/mol. The first-order chi connectivity index (χ1) is 28.7. The van der Waals surface area contributed by atoms with Crippen molar-refractivity contribution in [3.63, 3.8) is 0 Å². The maximum Gasteiger partial charge on any atom is 0.231 e. The topological polar surface area (TPSA) is 70.1 Å². The average Bonchev–Trinajstić information content (AvgIpc) is 4.05. The van der Waals surface area contributed by atoms with Gasteiger partial charge in [-0.15, -0.1) is 0 Å². The summed E-state index contributed by atoms with van der Waals surface area (Å²) in [6.45, 7) is 0. The molecule has 13 rings (SSSR count). The van der Waals surface area contributed by atoms with Gasteiger partial charge in [0.15, 0.2) is 5.82 Å². The SMILES string of the molecule is c1ccc(-n2c3ccccc3c3cc(-c4ccc5oc6nc(-c7cccc8c7oc7ccccc78)nc(-c7cccc8c7oc7ccccc78)c6c5c4)ccc32)cc1. The Balaban J connectivity index is 1.07. The molecular formula is C52H29N3O3. The number of benzene rings is 8. The van der Waals surface area contributed by atoms with Crippen LogP contribution in [0.4, 0.5) is 0 Å². The van der Waals surface area contributed by atoms with Gasteiger partial charge in [-0.1, -0.05) is 109 Å². The predicted molar refractivity (Wildman–Crippen MR) is 235 cm³/mol. The van der Waals surface area contributed by atoms with Crippen molar-refractivity contribution in [2.75, 3.05) is 0 Å². The largest absolute Gasteiger partial charge is 0.455 e. The van der Waals surface area contributed by atoms with E-state index in [4.69, 9.17) is 23.2 Å². The summed E-state index contributed by atoms with van der Waals surface area (Å²) in [7, 11) is 0. The van der Waals surface area contributed by atoms with E-state index in [0.717, 1.165) is 99.4 Å². The third-order valence-corrected chi connectivity index (χ3v) is 11.7. The Morgan fingerprint density at radius 2 is 0.948 bits per heavy atom. The van der Waals surface area contributed by atoms with Gasteiger partial charge in [0, 0.05) is 49.0 Å². The zero-order valence-electron chi connectivity index (χ0n) is 30.8. The Labute approximate surface area is 329 Å². The molecule has 8 aromatic carbocycles. The Morgan fingerprint density at radius 3 is 1.71 bits per heavy atom. The minimum atomic E-state index is 0.495. The van der Waals surface area contributed by atoms with Gasteiger partial charge in [0.05, 0.1) is 27.7 Å². The van der Waals surface area contributed by atoms with E-state index >= 15 is 0 Å². The van der Waals surface area contributed by atoms with Gasteiger partial charge in [-0.3, -0.25) is 0 Å². The van der Waals surface area contributed by atoms with Crippen LogP contribution in [0.3, 0.4) is 0 Å². The monoisotopic (exact) mass is 743 g/mol. The molecule has 0 bridgehead atoms. The molecule has 0 fully saturated rings. The Morgan fingerprint density at radius 1 is 0.379 bits per heavy atom. The summed E-state index contributed by atoms with van der Waals surface area (Å²) in [5.41, 5.74) is 12.4. The number of fused-ring (bicyclic) bond motifs is 12. The van der Waals surface area contributed by atoms with Crippen molar-refractivity contribution in [1.29, 1.82) is 0 Å². The Kier molecular flexibility index (Phi) is 6.35. The van der Waals surface area contributed by atoms with Crippen molar-refractivity contribution in [2.45, 2.75) is 0 Å². The molecule has 58 heavy (non-hydrogen) atoms. The number of rotatable bonds is 4. The van der Waals surface area contributed by atoms with Crippen LogP contribution in [-0.4, -0.2) is 14.5 Å². The Hall–Kier alpha value is -7.96. The van der Waals surface area contributed by atoms with Gasteiger partial charge >= 0.3 is 0 Å². The number of para-hydroxylation sites is 6. The molecule has 0 aliphatic heterocycles. The fourth-order valence-electron chi connectivity index (χ4n) is 9.03. The molecule has 0 spiro atoms. The lowest BCUT2D eigenvalue weighted by Crippen LogP contribution is -1.94. The molecule has 0 saturated heterocycles. The highest BCUT2D eigenvalue weighted by molar-refractivity contribution is 6.17. The van der Waals surface area contributed by atoms with Gasteiger partial charge in [0.1, 0.15) is 27.9 Å². The molecule has 0 saturated carbocycles. The molecule has 0 amide bonds. The average molecular weight is 744 g/mol. The second kappa shape index (κ2) is 11.8. The maximum absolute atomic E-state index is 6.67. The van der Waals surface area contributed by atoms with E-state index in [9.17, 15) is 0 Å². The predicted octanol–water partition coefficient (Wildman–Crippen LogP) is 14.3. The summed E-state index contributed by atoms with van der Waals surface area (Å²) < 4.78 is 22.1. The fourth-order valence-corrected chi connectivity index (χ4v) is 9.03. The number of nitrogens with zero attached hydrogens (tertiary/aromatic N) is 3. The third-order valence-electron chi connectivity index (χ3n) is 11.7. The van der Waals surface area contributed by atoms with Gasteiger partial charge in [-0.25, -0.2) is 4.98 Å².